The van der Waals surface area contributed by atoms with Crippen LogP contribution in [0.3, 0.4) is 0 Å². The first-order valence-electron chi connectivity index (χ1n) is 18.6. The summed E-state index contributed by atoms with van der Waals surface area (Å²) in [4.78, 5) is 59.5. The molecule has 0 bridgehead atoms. The van der Waals surface area contributed by atoms with Crippen molar-refractivity contribution in [3.05, 3.63) is 173 Å². The minimum atomic E-state index is -1.05. The Morgan fingerprint density at radius 2 is 1.19 bits per heavy atom. The number of aliphatic imine (C=N–C) groups is 1. The van der Waals surface area contributed by atoms with E-state index in [2.05, 4.69) is 15.6 Å². The standard InChI is InChI=1S/C45H47N5O7/c1-32(35-25-27-38(55-2)28-26-35)50(42(52)40(36-20-11-5-12-21-36)37-22-13-6-14-23-37)39(41(46)51)24-15-29-47-43(48-44(53)56-30-33-16-7-3-8-17-33)49-45(54)57-31-34-18-9-4-10-19-34/h3-14,16-23,25-28,32,39-40H,15,24,29-31H2,1-2H3,(H2,46,51)(H2,47,48,49,53,54)/t32-,39+/m0/s1. The normalized spacial score (nSPS) is 12.2. The maximum atomic E-state index is 15.0. The summed E-state index contributed by atoms with van der Waals surface area (Å²) < 4.78 is 16.0. The van der Waals surface area contributed by atoms with Crippen molar-refractivity contribution in [2.75, 3.05) is 13.7 Å². The Kier molecular flexibility index (Phi) is 15.3. The largest absolute Gasteiger partial charge is 0.497 e. The summed E-state index contributed by atoms with van der Waals surface area (Å²) in [5, 5.41) is 5.44. The van der Waals surface area contributed by atoms with E-state index in [0.717, 1.165) is 27.8 Å². The molecule has 0 saturated heterocycles. The number of methoxy groups -OCH3 is 1. The maximum Gasteiger partial charge on any atom is 0.437 e. The lowest BCUT2D eigenvalue weighted by Gasteiger charge is -2.38. The lowest BCUT2D eigenvalue weighted by Crippen LogP contribution is -2.51. The fourth-order valence-corrected chi connectivity index (χ4v) is 6.31. The number of ether oxygens (including phenoxy) is 3. The highest BCUT2D eigenvalue weighted by Crippen LogP contribution is 2.34. The molecule has 0 heterocycles. The summed E-state index contributed by atoms with van der Waals surface area (Å²) in [5.41, 5.74) is 9.94. The Morgan fingerprint density at radius 1 is 0.684 bits per heavy atom. The summed E-state index contributed by atoms with van der Waals surface area (Å²) in [7, 11) is 1.57. The van der Waals surface area contributed by atoms with Crippen LogP contribution in [0.25, 0.3) is 0 Å². The molecule has 294 valence electrons. The van der Waals surface area contributed by atoms with Gasteiger partial charge in [0.2, 0.25) is 17.8 Å². The van der Waals surface area contributed by atoms with Gasteiger partial charge in [-0.05, 0) is 59.7 Å². The van der Waals surface area contributed by atoms with Gasteiger partial charge in [-0.1, -0.05) is 133 Å². The van der Waals surface area contributed by atoms with Gasteiger partial charge in [-0.3, -0.25) is 14.9 Å². The van der Waals surface area contributed by atoms with Gasteiger partial charge in [0.25, 0.3) is 0 Å². The smallest absolute Gasteiger partial charge is 0.437 e. The molecule has 5 rings (SSSR count). The molecular formula is C45H47N5O7. The molecule has 4 amide bonds. The van der Waals surface area contributed by atoms with Gasteiger partial charge in [-0.2, -0.15) is 0 Å². The average Bonchev–Trinajstić information content (AvgIpc) is 3.24. The van der Waals surface area contributed by atoms with Crippen LogP contribution in [0.4, 0.5) is 9.59 Å². The quantitative estimate of drug-likeness (QED) is 0.0537. The van der Waals surface area contributed by atoms with Crippen LogP contribution in [0, 0.1) is 0 Å². The highest BCUT2D eigenvalue weighted by molar-refractivity contribution is 5.98. The van der Waals surface area contributed by atoms with E-state index in [1.165, 1.54) is 0 Å². The minimum absolute atomic E-state index is 0.0120. The molecule has 4 N–H and O–H groups in total. The number of nitrogens with one attached hydrogen (secondary N) is 2. The van der Waals surface area contributed by atoms with Crippen molar-refractivity contribution in [1.29, 1.82) is 0 Å². The van der Waals surface area contributed by atoms with Crippen molar-refractivity contribution >= 4 is 30.0 Å². The van der Waals surface area contributed by atoms with E-state index in [-0.39, 0.29) is 44.5 Å². The third kappa shape index (κ3) is 12.3. The SMILES string of the molecule is COc1ccc([C@H](C)N(C(=O)C(c2ccccc2)c2ccccc2)[C@H](CCCNC(=NC(=O)OCc2ccccc2)NC(=O)OCc2ccccc2)C(N)=O)cc1. The van der Waals surface area contributed by atoms with Crippen molar-refractivity contribution in [3.63, 3.8) is 0 Å². The monoisotopic (exact) mass is 769 g/mol. The summed E-state index contributed by atoms with van der Waals surface area (Å²) in [6.45, 7) is 1.94. The van der Waals surface area contributed by atoms with E-state index in [4.69, 9.17) is 19.9 Å². The molecule has 5 aromatic rings. The Balaban J connectivity index is 1.36. The van der Waals surface area contributed by atoms with E-state index in [0.29, 0.717) is 5.75 Å². The number of rotatable bonds is 16. The molecule has 0 unspecified atom stereocenters. The molecule has 0 aliphatic rings. The third-order valence-corrected chi connectivity index (χ3v) is 9.24. The predicted molar refractivity (Wildman–Crippen MR) is 217 cm³/mol. The number of alkyl carbamates (subject to hydrolysis) is 1. The van der Waals surface area contributed by atoms with Gasteiger partial charge in [0.1, 0.15) is 25.0 Å². The van der Waals surface area contributed by atoms with Gasteiger partial charge in [-0.25, -0.2) is 9.59 Å². The van der Waals surface area contributed by atoms with Gasteiger partial charge < -0.3 is 30.2 Å². The van der Waals surface area contributed by atoms with Crippen LogP contribution in [0.5, 0.6) is 5.75 Å². The van der Waals surface area contributed by atoms with E-state index >= 15 is 0 Å². The summed E-state index contributed by atoms with van der Waals surface area (Å²) in [6, 6.07) is 42.7. The van der Waals surface area contributed by atoms with Crippen molar-refractivity contribution in [2.45, 2.75) is 51.0 Å². The molecule has 12 nitrogen and oxygen atoms in total. The highest BCUT2D eigenvalue weighted by atomic mass is 16.6. The van der Waals surface area contributed by atoms with Crippen molar-refractivity contribution in [1.82, 2.24) is 15.5 Å². The van der Waals surface area contributed by atoms with Crippen molar-refractivity contribution in [2.24, 2.45) is 10.7 Å². The number of nitrogens with two attached hydrogens (primary N) is 1. The second-order valence-electron chi connectivity index (χ2n) is 13.1. The molecule has 0 fully saturated rings. The molecule has 2 atom stereocenters. The number of hydrogen-bond donors (Lipinski definition) is 3. The van der Waals surface area contributed by atoms with Crippen LogP contribution < -0.4 is 21.1 Å². The molecule has 0 aliphatic carbocycles. The van der Waals surface area contributed by atoms with Gasteiger partial charge >= 0.3 is 12.2 Å². The zero-order valence-corrected chi connectivity index (χ0v) is 32.0. The Labute approximate surface area is 332 Å². The topological polar surface area (TPSA) is 162 Å². The van der Waals surface area contributed by atoms with Gasteiger partial charge in [-0.15, -0.1) is 4.99 Å². The summed E-state index contributed by atoms with van der Waals surface area (Å²) in [6.07, 6.45) is -1.39. The second kappa shape index (κ2) is 21.2. The lowest BCUT2D eigenvalue weighted by molar-refractivity contribution is -0.142. The van der Waals surface area contributed by atoms with E-state index in [1.807, 2.05) is 128 Å². The lowest BCUT2D eigenvalue weighted by atomic mass is 9.88. The van der Waals surface area contributed by atoms with Crippen molar-refractivity contribution in [3.8, 4) is 5.75 Å². The number of carbonyl (C=O) groups is 4. The number of nitrogens with zero attached hydrogens (tertiary/aromatic N) is 2. The Bertz CT molecular complexity index is 2030. The van der Waals surface area contributed by atoms with Gasteiger partial charge in [0, 0.05) is 6.54 Å². The summed E-state index contributed by atoms with van der Waals surface area (Å²) >= 11 is 0. The third-order valence-electron chi connectivity index (χ3n) is 9.24. The van der Waals surface area contributed by atoms with Crippen molar-refractivity contribution < 1.29 is 33.4 Å². The zero-order chi connectivity index (χ0) is 40.4. The zero-order valence-electron chi connectivity index (χ0n) is 32.0. The van der Waals surface area contributed by atoms with Crippen LogP contribution in [0.2, 0.25) is 0 Å². The molecule has 0 saturated carbocycles. The first-order chi connectivity index (χ1) is 27.7. The number of primary amides is 1. The highest BCUT2D eigenvalue weighted by Gasteiger charge is 2.37. The molecular weight excluding hydrogens is 723 g/mol. The Hall–Kier alpha value is -6.95. The van der Waals surface area contributed by atoms with E-state index in [9.17, 15) is 19.2 Å². The number of benzene rings is 5. The molecule has 0 aliphatic heterocycles. The summed E-state index contributed by atoms with van der Waals surface area (Å²) in [5.74, 6) is -1.30. The fourth-order valence-electron chi connectivity index (χ4n) is 6.31. The molecule has 0 aromatic heterocycles. The first-order valence-corrected chi connectivity index (χ1v) is 18.6. The number of guanidine groups is 1. The van der Waals surface area contributed by atoms with Crippen LogP contribution in [0.15, 0.2) is 151 Å². The number of carbonyl (C=O) groups excluding carboxylic acids is 4. The molecule has 0 spiro atoms. The van der Waals surface area contributed by atoms with Gasteiger partial charge in [0.15, 0.2) is 0 Å². The maximum absolute atomic E-state index is 15.0. The second-order valence-corrected chi connectivity index (χ2v) is 13.1. The van der Waals surface area contributed by atoms with E-state index in [1.54, 1.807) is 36.3 Å². The fraction of sp³-hybridized carbons (Fsp3) is 0.222. The van der Waals surface area contributed by atoms with Crippen LogP contribution in [-0.4, -0.2) is 54.6 Å². The molecule has 5 aromatic carbocycles. The molecule has 0 radical (unpaired) electrons. The van der Waals surface area contributed by atoms with Crippen LogP contribution >= 0.6 is 0 Å². The number of amides is 4. The molecule has 12 heteroatoms. The minimum Gasteiger partial charge on any atom is -0.497 e. The molecule has 57 heavy (non-hydrogen) atoms. The van der Waals surface area contributed by atoms with E-state index < -0.39 is 36.1 Å². The predicted octanol–water partition coefficient (Wildman–Crippen LogP) is 7.26. The Morgan fingerprint density at radius 3 is 1.70 bits per heavy atom. The first kappa shape index (κ1) is 41.2. The van der Waals surface area contributed by atoms with Gasteiger partial charge in [0.05, 0.1) is 19.1 Å². The van der Waals surface area contributed by atoms with Crippen LogP contribution in [0.1, 0.15) is 59.5 Å². The average molecular weight is 770 g/mol. The number of hydrogen-bond acceptors (Lipinski definition) is 7. The van der Waals surface area contributed by atoms with Crippen LogP contribution in [-0.2, 0) is 32.3 Å².